The second-order valence-corrected chi connectivity index (χ2v) is 8.96. The zero-order valence-corrected chi connectivity index (χ0v) is 18.4. The van der Waals surface area contributed by atoms with Crippen molar-refractivity contribution in [1.29, 1.82) is 0 Å². The highest BCUT2D eigenvalue weighted by Crippen LogP contribution is 2.38. The molecule has 1 saturated carbocycles. The van der Waals surface area contributed by atoms with Crippen LogP contribution in [0.25, 0.3) is 11.4 Å². The minimum Gasteiger partial charge on any atom is -0.398 e. The highest BCUT2D eigenvalue weighted by molar-refractivity contribution is 5.84. The first-order chi connectivity index (χ1) is 15.2. The Morgan fingerprint density at radius 3 is 2.44 bits per heavy atom. The Hall–Kier alpha value is -2.55. The average Bonchev–Trinajstić information content (AvgIpc) is 3.56. The fourth-order valence-electron chi connectivity index (χ4n) is 4.26. The van der Waals surface area contributed by atoms with Crippen LogP contribution in [-0.2, 0) is 12.6 Å². The maximum atomic E-state index is 13.2. The monoisotopic (exact) mass is 448 g/mol. The van der Waals surface area contributed by atoms with Crippen molar-refractivity contribution in [2.24, 2.45) is 5.92 Å². The van der Waals surface area contributed by atoms with Gasteiger partial charge in [0.15, 0.2) is 5.82 Å². The molecule has 4 rings (SSSR count). The summed E-state index contributed by atoms with van der Waals surface area (Å²) in [6, 6.07) is 4.19. The number of nitrogens with one attached hydrogen (secondary N) is 1. The van der Waals surface area contributed by atoms with E-state index in [0.29, 0.717) is 6.04 Å². The molecule has 1 atom stereocenters. The van der Waals surface area contributed by atoms with Crippen molar-refractivity contribution < 1.29 is 13.2 Å². The molecule has 1 aromatic carbocycles. The van der Waals surface area contributed by atoms with Gasteiger partial charge in [-0.15, -0.1) is 0 Å². The van der Waals surface area contributed by atoms with E-state index in [0.717, 1.165) is 74.9 Å². The third kappa shape index (κ3) is 5.26. The lowest BCUT2D eigenvalue weighted by molar-refractivity contribution is -0.137. The van der Waals surface area contributed by atoms with Gasteiger partial charge in [0, 0.05) is 42.3 Å². The zero-order valence-electron chi connectivity index (χ0n) is 18.4. The Morgan fingerprint density at radius 2 is 1.81 bits per heavy atom. The van der Waals surface area contributed by atoms with E-state index in [9.17, 15) is 13.2 Å². The molecule has 32 heavy (non-hydrogen) atoms. The van der Waals surface area contributed by atoms with Gasteiger partial charge in [-0.1, -0.05) is 13.3 Å². The molecule has 2 heterocycles. The third-order valence-electron chi connectivity index (χ3n) is 6.16. The number of hydrogen-bond acceptors (Lipinski definition) is 6. The number of nitrogens with zero attached hydrogens (tertiary/aromatic N) is 3. The fourth-order valence-corrected chi connectivity index (χ4v) is 4.26. The molecule has 1 aliphatic carbocycles. The van der Waals surface area contributed by atoms with Crippen molar-refractivity contribution >= 4 is 17.2 Å². The number of nitrogens with two attached hydrogens (primary N) is 2. The van der Waals surface area contributed by atoms with Crippen molar-refractivity contribution in [2.45, 2.75) is 57.7 Å². The van der Waals surface area contributed by atoms with E-state index in [2.05, 4.69) is 22.1 Å². The van der Waals surface area contributed by atoms with Crippen LogP contribution in [0.1, 0.15) is 50.3 Å². The molecular weight excluding hydrogens is 417 g/mol. The summed E-state index contributed by atoms with van der Waals surface area (Å²) in [5.41, 5.74) is 12.1. The van der Waals surface area contributed by atoms with E-state index in [1.807, 2.05) is 6.07 Å². The topological polar surface area (TPSA) is 93.1 Å². The maximum Gasteiger partial charge on any atom is 0.416 e. The van der Waals surface area contributed by atoms with Crippen LogP contribution in [0.2, 0.25) is 0 Å². The Bertz CT molecular complexity index is 934. The van der Waals surface area contributed by atoms with Crippen molar-refractivity contribution in [3.05, 3.63) is 29.5 Å². The number of benzene rings is 1. The van der Waals surface area contributed by atoms with Gasteiger partial charge in [0.05, 0.1) is 11.1 Å². The summed E-state index contributed by atoms with van der Waals surface area (Å²) in [5.74, 6) is 1.87. The maximum absolute atomic E-state index is 13.2. The van der Waals surface area contributed by atoms with Crippen LogP contribution in [0.15, 0.2) is 18.2 Å². The van der Waals surface area contributed by atoms with Gasteiger partial charge in [0.2, 0.25) is 0 Å². The quantitative estimate of drug-likeness (QED) is 0.549. The number of alkyl halides is 3. The minimum absolute atomic E-state index is 0.0699. The van der Waals surface area contributed by atoms with Gasteiger partial charge in [0.1, 0.15) is 5.82 Å². The van der Waals surface area contributed by atoms with Gasteiger partial charge < -0.3 is 21.7 Å². The van der Waals surface area contributed by atoms with Crippen LogP contribution in [0.5, 0.6) is 0 Å². The third-order valence-corrected chi connectivity index (χ3v) is 6.16. The van der Waals surface area contributed by atoms with Crippen LogP contribution in [0.4, 0.5) is 30.4 Å². The van der Waals surface area contributed by atoms with E-state index >= 15 is 0 Å². The first kappa shape index (κ1) is 22.6. The second kappa shape index (κ2) is 9.13. The summed E-state index contributed by atoms with van der Waals surface area (Å²) >= 11 is 0. The number of hydrogen-bond donors (Lipinski definition) is 3. The molecule has 2 aliphatic rings. The second-order valence-electron chi connectivity index (χ2n) is 8.96. The Balaban J connectivity index is 1.65. The van der Waals surface area contributed by atoms with Gasteiger partial charge >= 0.3 is 6.18 Å². The molecule has 0 radical (unpaired) electrons. The van der Waals surface area contributed by atoms with Gasteiger partial charge in [-0.05, 0) is 56.7 Å². The van der Waals surface area contributed by atoms with E-state index < -0.39 is 11.7 Å². The number of halogens is 3. The molecule has 174 valence electrons. The average molecular weight is 449 g/mol. The first-order valence-electron chi connectivity index (χ1n) is 11.4. The summed E-state index contributed by atoms with van der Waals surface area (Å²) in [7, 11) is 0. The van der Waals surface area contributed by atoms with Gasteiger partial charge in [-0.2, -0.15) is 13.2 Å². The summed E-state index contributed by atoms with van der Waals surface area (Å²) < 4.78 is 39.5. The molecule has 1 unspecified atom stereocenters. The molecule has 1 saturated heterocycles. The van der Waals surface area contributed by atoms with Crippen LogP contribution in [-0.4, -0.2) is 35.6 Å². The Labute approximate surface area is 186 Å². The van der Waals surface area contributed by atoms with Crippen LogP contribution in [0, 0.1) is 5.92 Å². The molecule has 0 bridgehead atoms. The van der Waals surface area contributed by atoms with Crippen molar-refractivity contribution in [3.8, 4) is 11.4 Å². The van der Waals surface area contributed by atoms with Crippen molar-refractivity contribution in [1.82, 2.24) is 15.3 Å². The normalized spacial score (nSPS) is 19.4. The van der Waals surface area contributed by atoms with Crippen molar-refractivity contribution in [3.63, 3.8) is 0 Å². The summed E-state index contributed by atoms with van der Waals surface area (Å²) in [6.45, 7) is 4.84. The zero-order chi connectivity index (χ0) is 22.9. The standard InChI is InChI=1S/C23H31F3N6/c1-2-4-16-11-20(32-8-3-5-17(13-32)29-12-14-6-7-14)31-22(30-16)21-18(27)9-15(10-19(21)28)23(24,25)26/h9-11,14,17,29H,2-8,12-13,27-28H2,1H3. The Morgan fingerprint density at radius 1 is 1.09 bits per heavy atom. The first-order valence-corrected chi connectivity index (χ1v) is 11.4. The summed E-state index contributed by atoms with van der Waals surface area (Å²) in [6.07, 6.45) is 1.91. The number of piperidine rings is 1. The number of aromatic nitrogens is 2. The van der Waals surface area contributed by atoms with E-state index in [-0.39, 0.29) is 22.8 Å². The highest BCUT2D eigenvalue weighted by atomic mass is 19.4. The number of rotatable bonds is 7. The smallest absolute Gasteiger partial charge is 0.398 e. The summed E-state index contributed by atoms with van der Waals surface area (Å²) in [5, 5.41) is 3.68. The SMILES string of the molecule is CCCc1cc(N2CCCC(NCC3CC3)C2)nc(-c2c(N)cc(C(F)(F)F)cc2N)n1. The van der Waals surface area contributed by atoms with E-state index in [1.165, 1.54) is 12.8 Å². The highest BCUT2D eigenvalue weighted by Gasteiger charge is 2.32. The molecule has 6 nitrogen and oxygen atoms in total. The van der Waals surface area contributed by atoms with Gasteiger partial charge in [-0.3, -0.25) is 0 Å². The predicted molar refractivity (Wildman–Crippen MR) is 121 cm³/mol. The van der Waals surface area contributed by atoms with Crippen molar-refractivity contribution in [2.75, 3.05) is 36.0 Å². The molecule has 5 N–H and O–H groups in total. The van der Waals surface area contributed by atoms with Crippen LogP contribution < -0.4 is 21.7 Å². The molecular formula is C23H31F3N6. The fraction of sp³-hybridized carbons (Fsp3) is 0.565. The van der Waals surface area contributed by atoms with Gasteiger partial charge in [-0.25, -0.2) is 9.97 Å². The van der Waals surface area contributed by atoms with Crippen LogP contribution in [0.3, 0.4) is 0 Å². The predicted octanol–water partition coefficient (Wildman–Crippen LogP) is 4.25. The van der Waals surface area contributed by atoms with Gasteiger partial charge in [0.25, 0.3) is 0 Å². The molecule has 0 amide bonds. The number of anilines is 3. The molecule has 1 aliphatic heterocycles. The molecule has 2 aromatic rings. The largest absolute Gasteiger partial charge is 0.416 e. The summed E-state index contributed by atoms with van der Waals surface area (Å²) in [4.78, 5) is 11.5. The van der Waals surface area contributed by atoms with Crippen LogP contribution >= 0.6 is 0 Å². The van der Waals surface area contributed by atoms with E-state index in [4.69, 9.17) is 16.5 Å². The molecule has 9 heteroatoms. The molecule has 0 spiro atoms. The lowest BCUT2D eigenvalue weighted by Crippen LogP contribution is -2.46. The minimum atomic E-state index is -4.52. The number of nitrogen functional groups attached to an aromatic ring is 2. The molecule has 1 aromatic heterocycles. The lowest BCUT2D eigenvalue weighted by atomic mass is 10.0. The molecule has 2 fully saturated rings. The number of aryl methyl sites for hydroxylation is 1. The van der Waals surface area contributed by atoms with E-state index in [1.54, 1.807) is 0 Å². The lowest BCUT2D eigenvalue weighted by Gasteiger charge is -2.34. The Kier molecular flexibility index (Phi) is 6.46.